The number of rotatable bonds is 5. The van der Waals surface area contributed by atoms with Crippen molar-refractivity contribution in [3.05, 3.63) is 76.8 Å². The minimum Gasteiger partial charge on any atom is -0.508 e. The third-order valence-corrected chi connectivity index (χ3v) is 4.77. The van der Waals surface area contributed by atoms with Gasteiger partial charge in [0.1, 0.15) is 17.7 Å². The highest BCUT2D eigenvalue weighted by Gasteiger charge is 2.26. The molecule has 0 aliphatic carbocycles. The molecular weight excluding hydrogens is 382 g/mol. The largest absolute Gasteiger partial charge is 0.508 e. The third-order valence-electron chi connectivity index (χ3n) is 4.42. The Hall–Kier alpha value is -3.12. The topological polar surface area (TPSA) is 69.9 Å². The van der Waals surface area contributed by atoms with E-state index in [0.29, 0.717) is 16.5 Å². The maximum Gasteiger partial charge on any atom is 0.354 e. The molecule has 2 aromatic carbocycles. The molecule has 7 heteroatoms. The molecule has 1 aliphatic heterocycles. The van der Waals surface area contributed by atoms with E-state index in [0.717, 1.165) is 16.5 Å². The first-order valence-corrected chi connectivity index (χ1v) is 9.19. The smallest absolute Gasteiger partial charge is 0.354 e. The normalized spacial score (nSPS) is 15.8. The number of carbonyl (C=O) groups is 1. The Morgan fingerprint density at radius 2 is 2.07 bits per heavy atom. The minimum atomic E-state index is -0.638. The number of nitrogens with zero attached hydrogens (tertiary/aromatic N) is 1. The lowest BCUT2D eigenvalue weighted by Gasteiger charge is -2.15. The van der Waals surface area contributed by atoms with Crippen LogP contribution in [-0.4, -0.2) is 22.2 Å². The Morgan fingerprint density at radius 3 is 2.86 bits per heavy atom. The van der Waals surface area contributed by atoms with Gasteiger partial charge in [-0.3, -0.25) is 0 Å². The lowest BCUT2D eigenvalue weighted by atomic mass is 10.2. The molecule has 1 aromatic heterocycles. The van der Waals surface area contributed by atoms with Gasteiger partial charge in [-0.2, -0.15) is 0 Å². The summed E-state index contributed by atoms with van der Waals surface area (Å²) >= 11 is 6.22. The van der Waals surface area contributed by atoms with Crippen molar-refractivity contribution in [3.63, 3.8) is 0 Å². The van der Waals surface area contributed by atoms with E-state index in [4.69, 9.17) is 25.8 Å². The summed E-state index contributed by atoms with van der Waals surface area (Å²) in [6.45, 7) is 2.28. The van der Waals surface area contributed by atoms with Crippen LogP contribution in [0.1, 0.15) is 29.3 Å². The van der Waals surface area contributed by atoms with Gasteiger partial charge in [-0.05, 0) is 37.3 Å². The fourth-order valence-corrected chi connectivity index (χ4v) is 3.39. The Bertz CT molecular complexity index is 1070. The van der Waals surface area contributed by atoms with Gasteiger partial charge in [0.2, 0.25) is 0 Å². The number of fused-ring (bicyclic) bond motifs is 1. The standard InChI is InChI=1S/C21H18ClNO5/c1-2-26-20(25)19-10-13-9-14(24)7-8-18(13)23(19)11-15-12-27-21(28-15)16-5-3-4-6-17(16)22/h3-10,12,21,24H,2,11H2,1H3. The van der Waals surface area contributed by atoms with Gasteiger partial charge in [0.25, 0.3) is 6.29 Å². The van der Waals surface area contributed by atoms with Crippen LogP contribution in [0.15, 0.2) is 60.6 Å². The van der Waals surface area contributed by atoms with Crippen LogP contribution in [0.25, 0.3) is 10.9 Å². The number of ether oxygens (including phenoxy) is 3. The molecule has 28 heavy (non-hydrogen) atoms. The number of aromatic hydroxyl groups is 1. The van der Waals surface area contributed by atoms with Crippen molar-refractivity contribution < 1.29 is 24.1 Å². The van der Waals surface area contributed by atoms with Gasteiger partial charge in [-0.25, -0.2) is 4.79 Å². The number of aromatic nitrogens is 1. The number of hydrogen-bond acceptors (Lipinski definition) is 5. The van der Waals surface area contributed by atoms with Gasteiger partial charge in [0.05, 0.1) is 23.7 Å². The lowest BCUT2D eigenvalue weighted by Crippen LogP contribution is -2.13. The molecule has 4 rings (SSSR count). The molecule has 0 radical (unpaired) electrons. The maximum atomic E-state index is 12.4. The van der Waals surface area contributed by atoms with Crippen molar-refractivity contribution in [1.82, 2.24) is 4.57 Å². The van der Waals surface area contributed by atoms with Crippen LogP contribution in [0.4, 0.5) is 0 Å². The fourth-order valence-electron chi connectivity index (χ4n) is 3.17. The number of halogens is 1. The molecule has 0 bridgehead atoms. The van der Waals surface area contributed by atoms with Crippen molar-refractivity contribution >= 4 is 28.5 Å². The average Bonchev–Trinajstić information content (AvgIpc) is 3.27. The highest BCUT2D eigenvalue weighted by Crippen LogP contribution is 2.34. The molecular formula is C21H18ClNO5. The second-order valence-electron chi connectivity index (χ2n) is 6.27. The maximum absolute atomic E-state index is 12.4. The number of carbonyl (C=O) groups excluding carboxylic acids is 1. The molecule has 2 heterocycles. The zero-order valence-corrected chi connectivity index (χ0v) is 15.8. The first-order valence-electron chi connectivity index (χ1n) is 8.81. The van der Waals surface area contributed by atoms with Gasteiger partial charge >= 0.3 is 5.97 Å². The molecule has 0 spiro atoms. The van der Waals surface area contributed by atoms with Crippen LogP contribution < -0.4 is 0 Å². The summed E-state index contributed by atoms with van der Waals surface area (Å²) < 4.78 is 18.5. The van der Waals surface area contributed by atoms with E-state index in [1.54, 1.807) is 41.8 Å². The summed E-state index contributed by atoms with van der Waals surface area (Å²) in [5.41, 5.74) is 1.86. The molecule has 6 nitrogen and oxygen atoms in total. The Labute approximate surface area is 166 Å². The van der Waals surface area contributed by atoms with Crippen molar-refractivity contribution in [2.24, 2.45) is 0 Å². The summed E-state index contributed by atoms with van der Waals surface area (Å²) in [4.78, 5) is 12.4. The summed E-state index contributed by atoms with van der Waals surface area (Å²) in [6.07, 6.45) is 0.885. The summed E-state index contributed by atoms with van der Waals surface area (Å²) in [6, 6.07) is 13.9. The molecule has 1 N–H and O–H groups in total. The van der Waals surface area contributed by atoms with Gasteiger partial charge in [0.15, 0.2) is 5.76 Å². The van der Waals surface area contributed by atoms with Crippen LogP contribution in [0.3, 0.4) is 0 Å². The predicted molar refractivity (Wildman–Crippen MR) is 104 cm³/mol. The first-order chi connectivity index (χ1) is 13.6. The van der Waals surface area contributed by atoms with E-state index < -0.39 is 12.3 Å². The minimum absolute atomic E-state index is 0.124. The number of allylic oxidation sites excluding steroid dienone is 1. The van der Waals surface area contributed by atoms with Crippen molar-refractivity contribution in [1.29, 1.82) is 0 Å². The fraction of sp³-hybridized carbons (Fsp3) is 0.190. The number of esters is 1. The van der Waals surface area contributed by atoms with Gasteiger partial charge in [-0.15, -0.1) is 0 Å². The SMILES string of the molecule is CCOC(=O)c1cc2cc(O)ccc2n1CC1=COC(c2ccccc2Cl)O1. The van der Waals surface area contributed by atoms with Crippen molar-refractivity contribution in [3.8, 4) is 5.75 Å². The third kappa shape index (κ3) is 3.39. The van der Waals surface area contributed by atoms with E-state index in [9.17, 15) is 9.90 Å². The zero-order chi connectivity index (χ0) is 19.7. The Kier molecular flexibility index (Phi) is 4.88. The van der Waals surface area contributed by atoms with E-state index >= 15 is 0 Å². The van der Waals surface area contributed by atoms with E-state index in [-0.39, 0.29) is 18.9 Å². The van der Waals surface area contributed by atoms with Gasteiger partial charge in [0, 0.05) is 10.9 Å². The Morgan fingerprint density at radius 1 is 1.25 bits per heavy atom. The van der Waals surface area contributed by atoms with Crippen LogP contribution in [0, 0.1) is 0 Å². The number of phenolic OH excluding ortho intramolecular Hbond substituents is 1. The van der Waals surface area contributed by atoms with E-state index in [1.165, 1.54) is 6.26 Å². The predicted octanol–water partition coefficient (Wildman–Crippen LogP) is 4.76. The van der Waals surface area contributed by atoms with Crippen LogP contribution in [-0.2, 0) is 20.8 Å². The lowest BCUT2D eigenvalue weighted by molar-refractivity contribution is -0.0360. The molecule has 3 aromatic rings. The summed E-state index contributed by atoms with van der Waals surface area (Å²) in [5, 5.41) is 11.0. The second kappa shape index (κ2) is 7.48. The van der Waals surface area contributed by atoms with Crippen LogP contribution in [0.2, 0.25) is 5.02 Å². The quantitative estimate of drug-likeness (QED) is 0.626. The molecule has 0 fully saturated rings. The highest BCUT2D eigenvalue weighted by molar-refractivity contribution is 6.31. The highest BCUT2D eigenvalue weighted by atomic mass is 35.5. The molecule has 0 amide bonds. The molecule has 1 atom stereocenters. The first kappa shape index (κ1) is 18.3. The molecule has 1 unspecified atom stereocenters. The summed E-state index contributed by atoms with van der Waals surface area (Å²) in [5.74, 6) is 0.222. The second-order valence-corrected chi connectivity index (χ2v) is 6.68. The van der Waals surface area contributed by atoms with Crippen molar-refractivity contribution in [2.75, 3.05) is 6.61 Å². The monoisotopic (exact) mass is 399 g/mol. The Balaban J connectivity index is 1.63. The van der Waals surface area contributed by atoms with E-state index in [1.807, 2.05) is 18.2 Å². The zero-order valence-electron chi connectivity index (χ0n) is 15.1. The molecule has 0 saturated carbocycles. The number of hydrogen-bond donors (Lipinski definition) is 1. The van der Waals surface area contributed by atoms with Crippen LogP contribution in [0.5, 0.6) is 5.75 Å². The molecule has 1 aliphatic rings. The number of phenols is 1. The summed E-state index contributed by atoms with van der Waals surface area (Å²) in [7, 11) is 0. The molecule has 144 valence electrons. The van der Waals surface area contributed by atoms with Crippen molar-refractivity contribution in [2.45, 2.75) is 19.8 Å². The molecule has 0 saturated heterocycles. The van der Waals surface area contributed by atoms with Crippen LogP contribution >= 0.6 is 11.6 Å². The average molecular weight is 400 g/mol. The van der Waals surface area contributed by atoms with E-state index in [2.05, 4.69) is 0 Å². The van der Waals surface area contributed by atoms with Gasteiger partial charge in [-0.1, -0.05) is 29.8 Å². The van der Waals surface area contributed by atoms with Gasteiger partial charge < -0.3 is 23.9 Å². The number of benzene rings is 2.